The van der Waals surface area contributed by atoms with Gasteiger partial charge in [-0.25, -0.2) is 9.37 Å². The van der Waals surface area contributed by atoms with Crippen LogP contribution in [-0.4, -0.2) is 59.9 Å². The lowest BCUT2D eigenvalue weighted by molar-refractivity contribution is -0.265. The minimum Gasteiger partial charge on any atom is -0.494 e. The molecule has 0 radical (unpaired) electrons. The van der Waals surface area contributed by atoms with Crippen molar-refractivity contribution in [3.8, 4) is 22.8 Å². The highest BCUT2D eigenvalue weighted by molar-refractivity contribution is 6.00. The van der Waals surface area contributed by atoms with Crippen molar-refractivity contribution in [2.45, 2.75) is 43.9 Å². The number of carbonyl (C=O) groups is 2. The monoisotopic (exact) mass is 652 g/mol. The number of hydrogen-bond acceptors (Lipinski definition) is 7. The van der Waals surface area contributed by atoms with Crippen molar-refractivity contribution in [3.63, 3.8) is 0 Å². The zero-order valence-electron chi connectivity index (χ0n) is 25.8. The number of methoxy groups -OCH3 is 1. The average Bonchev–Trinajstić information content (AvgIpc) is 3.70. The molecule has 2 aromatic carbocycles. The Hall–Kier alpha value is -4.78. The molecule has 13 heteroatoms. The Bertz CT molecular complexity index is 1880. The van der Waals surface area contributed by atoms with Crippen LogP contribution in [0.1, 0.15) is 48.3 Å². The number of amides is 2. The number of halogens is 4. The summed E-state index contributed by atoms with van der Waals surface area (Å²) in [6.45, 7) is 2.42. The van der Waals surface area contributed by atoms with Gasteiger partial charge in [0.25, 0.3) is 5.91 Å². The Morgan fingerprint density at radius 2 is 1.79 bits per heavy atom. The van der Waals surface area contributed by atoms with E-state index in [0.29, 0.717) is 17.4 Å². The molecule has 47 heavy (non-hydrogen) atoms. The first-order valence-corrected chi connectivity index (χ1v) is 14.9. The summed E-state index contributed by atoms with van der Waals surface area (Å²) in [6.07, 6.45) is -1.93. The van der Waals surface area contributed by atoms with E-state index in [1.54, 1.807) is 12.1 Å². The first-order chi connectivity index (χ1) is 22.2. The average molecular weight is 653 g/mol. The number of aromatic nitrogens is 2. The standard InChI is InChI=1S/C34H32F4N4O5/c1-31(10-11-31)16-41-30(44)32(2)18-47-28-23(32)15-25(42-27(28)19-6-8-22(35)9-7-19)33(45,34(36,37)38)17-40-29(43)21-13-20-5-4-12-39-26(20)24(14-21)46-3/h4-9,12-15,45H,10-11,16-18H2,1-3H3,(H,40,43)(H,41,44)/t32-,33?/m0/s1. The third-order valence-corrected chi connectivity index (χ3v) is 9.02. The van der Waals surface area contributed by atoms with E-state index in [1.165, 1.54) is 44.5 Å². The van der Waals surface area contributed by atoms with E-state index in [2.05, 4.69) is 20.6 Å². The molecule has 2 amide bonds. The molecule has 2 aromatic heterocycles. The summed E-state index contributed by atoms with van der Waals surface area (Å²) < 4.78 is 69.7. The first kappa shape index (κ1) is 32.2. The first-order valence-electron chi connectivity index (χ1n) is 14.9. The number of hydrogen-bond donors (Lipinski definition) is 3. The van der Waals surface area contributed by atoms with Gasteiger partial charge in [-0.1, -0.05) is 13.0 Å². The number of nitrogens with zero attached hydrogens (tertiary/aromatic N) is 2. The minimum absolute atomic E-state index is 0.0252. The van der Waals surface area contributed by atoms with Gasteiger partial charge in [0, 0.05) is 34.8 Å². The van der Waals surface area contributed by atoms with Gasteiger partial charge in [-0.15, -0.1) is 0 Å². The smallest absolute Gasteiger partial charge is 0.424 e. The van der Waals surface area contributed by atoms with Crippen LogP contribution in [0.25, 0.3) is 22.2 Å². The molecule has 9 nitrogen and oxygen atoms in total. The molecule has 1 aliphatic heterocycles. The largest absolute Gasteiger partial charge is 0.494 e. The fraction of sp³-hybridized carbons (Fsp3) is 0.353. The Balaban J connectivity index is 1.40. The Kier molecular flexibility index (Phi) is 7.86. The summed E-state index contributed by atoms with van der Waals surface area (Å²) in [6, 6.07) is 11.9. The zero-order chi connectivity index (χ0) is 33.8. The van der Waals surface area contributed by atoms with Crippen LogP contribution in [0.4, 0.5) is 17.6 Å². The normalized spacial score (nSPS) is 19.3. The Labute approximate surface area is 267 Å². The van der Waals surface area contributed by atoms with Gasteiger partial charge < -0.3 is 25.2 Å². The second kappa shape index (κ2) is 11.5. The van der Waals surface area contributed by atoms with E-state index in [9.17, 15) is 32.3 Å². The number of aliphatic hydroxyl groups is 1. The quantitative estimate of drug-likeness (QED) is 0.213. The molecule has 1 unspecified atom stereocenters. The van der Waals surface area contributed by atoms with Crippen LogP contribution in [0.2, 0.25) is 0 Å². The summed E-state index contributed by atoms with van der Waals surface area (Å²) in [7, 11) is 1.37. The Morgan fingerprint density at radius 3 is 2.45 bits per heavy atom. The van der Waals surface area contributed by atoms with Crippen LogP contribution in [0.3, 0.4) is 0 Å². The van der Waals surface area contributed by atoms with Gasteiger partial charge in [0.2, 0.25) is 11.5 Å². The molecule has 2 atom stereocenters. The molecule has 246 valence electrons. The van der Waals surface area contributed by atoms with E-state index in [-0.39, 0.29) is 45.9 Å². The van der Waals surface area contributed by atoms with Crippen molar-refractivity contribution in [3.05, 3.63) is 83.4 Å². The van der Waals surface area contributed by atoms with Gasteiger partial charge in [0.1, 0.15) is 40.5 Å². The van der Waals surface area contributed by atoms with E-state index in [1.807, 2.05) is 6.92 Å². The second-order valence-corrected chi connectivity index (χ2v) is 12.6. The number of fused-ring (bicyclic) bond motifs is 2. The highest BCUT2D eigenvalue weighted by Crippen LogP contribution is 2.49. The van der Waals surface area contributed by atoms with Crippen LogP contribution in [-0.2, 0) is 15.8 Å². The number of benzene rings is 2. The maximum atomic E-state index is 14.9. The predicted molar refractivity (Wildman–Crippen MR) is 163 cm³/mol. The van der Waals surface area contributed by atoms with Gasteiger partial charge in [0.05, 0.1) is 19.3 Å². The van der Waals surface area contributed by atoms with Gasteiger partial charge in [0.15, 0.2) is 0 Å². The second-order valence-electron chi connectivity index (χ2n) is 12.6. The molecule has 0 spiro atoms. The van der Waals surface area contributed by atoms with Crippen molar-refractivity contribution < 1.29 is 41.7 Å². The molecule has 1 aliphatic carbocycles. The molecule has 2 aliphatic rings. The van der Waals surface area contributed by atoms with Crippen LogP contribution in [0, 0.1) is 11.2 Å². The van der Waals surface area contributed by atoms with Crippen LogP contribution in [0.5, 0.6) is 11.5 Å². The Morgan fingerprint density at radius 1 is 1.06 bits per heavy atom. The lowest BCUT2D eigenvalue weighted by Gasteiger charge is -2.31. The lowest BCUT2D eigenvalue weighted by Crippen LogP contribution is -2.52. The molecule has 6 rings (SSSR count). The third-order valence-electron chi connectivity index (χ3n) is 9.02. The molecule has 3 N–H and O–H groups in total. The van der Waals surface area contributed by atoms with Gasteiger partial charge in [-0.2, -0.15) is 13.2 Å². The maximum Gasteiger partial charge on any atom is 0.424 e. The molecule has 1 fully saturated rings. The lowest BCUT2D eigenvalue weighted by atomic mass is 9.81. The van der Waals surface area contributed by atoms with Crippen LogP contribution in [0.15, 0.2) is 60.8 Å². The molecule has 0 bridgehead atoms. The summed E-state index contributed by atoms with van der Waals surface area (Å²) in [5.41, 5.74) is -5.50. The molecule has 4 aromatic rings. The predicted octanol–water partition coefficient (Wildman–Crippen LogP) is 5.19. The molecular weight excluding hydrogens is 620 g/mol. The number of ether oxygens (including phenoxy) is 2. The van der Waals surface area contributed by atoms with E-state index in [0.717, 1.165) is 31.0 Å². The molecular formula is C34H32F4N4O5. The summed E-state index contributed by atoms with van der Waals surface area (Å²) in [5, 5.41) is 17.0. The highest BCUT2D eigenvalue weighted by atomic mass is 19.4. The highest BCUT2D eigenvalue weighted by Gasteiger charge is 2.58. The SMILES string of the molecule is COc1cc(C(=O)NCC(O)(c2cc3c(c(-c4ccc(F)cc4)n2)OC[C@]3(C)C(=O)NCC2(C)CC2)C(F)(F)F)cc2cccnc12. The summed E-state index contributed by atoms with van der Waals surface area (Å²) >= 11 is 0. The number of nitrogens with one attached hydrogen (secondary N) is 2. The van der Waals surface area contributed by atoms with Gasteiger partial charge in [-0.05, 0) is 73.7 Å². The third kappa shape index (κ3) is 5.84. The summed E-state index contributed by atoms with van der Waals surface area (Å²) in [5.74, 6) is -1.69. The fourth-order valence-electron chi connectivity index (χ4n) is 5.56. The van der Waals surface area contributed by atoms with Crippen LogP contribution < -0.4 is 20.1 Å². The number of alkyl halides is 3. The zero-order valence-corrected chi connectivity index (χ0v) is 25.8. The number of carbonyl (C=O) groups excluding carboxylic acids is 2. The van der Waals surface area contributed by atoms with Crippen molar-refractivity contribution in [2.24, 2.45) is 5.41 Å². The fourth-order valence-corrected chi connectivity index (χ4v) is 5.56. The minimum atomic E-state index is -5.34. The van der Waals surface area contributed by atoms with Crippen molar-refractivity contribution in [1.82, 2.24) is 20.6 Å². The van der Waals surface area contributed by atoms with Gasteiger partial charge >= 0.3 is 6.18 Å². The van der Waals surface area contributed by atoms with E-state index in [4.69, 9.17) is 9.47 Å². The van der Waals surface area contributed by atoms with Crippen LogP contribution >= 0.6 is 0 Å². The maximum absolute atomic E-state index is 14.9. The number of pyridine rings is 2. The van der Waals surface area contributed by atoms with Crippen molar-refractivity contribution in [1.29, 1.82) is 0 Å². The van der Waals surface area contributed by atoms with E-state index >= 15 is 0 Å². The molecule has 0 saturated heterocycles. The van der Waals surface area contributed by atoms with Gasteiger partial charge in [-0.3, -0.25) is 14.6 Å². The number of rotatable bonds is 9. The molecule has 1 saturated carbocycles. The molecule has 3 heterocycles. The van der Waals surface area contributed by atoms with Crippen molar-refractivity contribution in [2.75, 3.05) is 26.8 Å². The summed E-state index contributed by atoms with van der Waals surface area (Å²) in [4.78, 5) is 35.2. The topological polar surface area (TPSA) is 123 Å². The van der Waals surface area contributed by atoms with Crippen molar-refractivity contribution >= 4 is 22.7 Å². The van der Waals surface area contributed by atoms with E-state index < -0.39 is 47.1 Å².